The van der Waals surface area contributed by atoms with Gasteiger partial charge in [0.1, 0.15) is 11.5 Å². The topological polar surface area (TPSA) is 67.9 Å². The van der Waals surface area contributed by atoms with E-state index in [0.29, 0.717) is 30.3 Å². The van der Waals surface area contributed by atoms with Gasteiger partial charge in [0.05, 0.1) is 25.8 Å². The molecule has 6 heteroatoms. The molecule has 1 N–H and O–H groups in total. The van der Waals surface area contributed by atoms with Crippen LogP contribution in [0.2, 0.25) is 0 Å². The van der Waals surface area contributed by atoms with Crippen LogP contribution in [0.3, 0.4) is 0 Å². The van der Waals surface area contributed by atoms with Gasteiger partial charge in [-0.1, -0.05) is 30.3 Å². The van der Waals surface area contributed by atoms with Crippen molar-refractivity contribution in [3.05, 3.63) is 54.1 Å². The van der Waals surface area contributed by atoms with Gasteiger partial charge in [-0.05, 0) is 24.1 Å². The normalized spacial score (nSPS) is 16.3. The van der Waals surface area contributed by atoms with Crippen LogP contribution in [0.15, 0.2) is 48.5 Å². The van der Waals surface area contributed by atoms with Crippen molar-refractivity contribution in [1.82, 2.24) is 5.32 Å². The number of nitrogens with zero attached hydrogens (tertiary/aromatic N) is 1. The summed E-state index contributed by atoms with van der Waals surface area (Å²) >= 11 is 0. The molecule has 0 aromatic heterocycles. The summed E-state index contributed by atoms with van der Waals surface area (Å²) in [7, 11) is 3.12. The Kier molecular flexibility index (Phi) is 5.96. The zero-order valence-corrected chi connectivity index (χ0v) is 15.6. The Morgan fingerprint density at radius 2 is 1.93 bits per heavy atom. The second kappa shape index (κ2) is 8.58. The Morgan fingerprint density at radius 3 is 2.63 bits per heavy atom. The highest BCUT2D eigenvalue weighted by Crippen LogP contribution is 2.35. The van der Waals surface area contributed by atoms with Crippen molar-refractivity contribution in [3.8, 4) is 11.5 Å². The maximum Gasteiger partial charge on any atom is 0.227 e. The van der Waals surface area contributed by atoms with Crippen LogP contribution in [0.4, 0.5) is 5.69 Å². The Balaban J connectivity index is 1.60. The molecule has 0 aliphatic carbocycles. The summed E-state index contributed by atoms with van der Waals surface area (Å²) in [6, 6.07) is 15.3. The molecule has 2 amide bonds. The molecular weight excluding hydrogens is 344 g/mol. The molecule has 1 fully saturated rings. The Morgan fingerprint density at radius 1 is 1.15 bits per heavy atom. The van der Waals surface area contributed by atoms with E-state index in [0.717, 1.165) is 6.42 Å². The third-order valence-corrected chi connectivity index (χ3v) is 4.73. The van der Waals surface area contributed by atoms with Crippen molar-refractivity contribution < 1.29 is 19.1 Å². The second-order valence-corrected chi connectivity index (χ2v) is 6.47. The molecular formula is C21H24N2O4. The summed E-state index contributed by atoms with van der Waals surface area (Å²) in [6.07, 6.45) is 0.968. The number of carbonyl (C=O) groups is 2. The third kappa shape index (κ3) is 4.39. The fourth-order valence-electron chi connectivity index (χ4n) is 3.24. The van der Waals surface area contributed by atoms with E-state index >= 15 is 0 Å². The lowest BCUT2D eigenvalue weighted by molar-refractivity contribution is -0.126. The number of ether oxygens (including phenoxy) is 2. The molecule has 142 valence electrons. The minimum absolute atomic E-state index is 0.0818. The van der Waals surface area contributed by atoms with Crippen molar-refractivity contribution in [1.29, 1.82) is 0 Å². The van der Waals surface area contributed by atoms with E-state index < -0.39 is 0 Å². The number of methoxy groups -OCH3 is 2. The predicted octanol–water partition coefficient (Wildman–Crippen LogP) is 2.42. The molecule has 6 nitrogen and oxygen atoms in total. The molecule has 2 aromatic rings. The largest absolute Gasteiger partial charge is 0.497 e. The molecule has 0 unspecified atom stereocenters. The quantitative estimate of drug-likeness (QED) is 0.815. The highest BCUT2D eigenvalue weighted by molar-refractivity contribution is 6.01. The summed E-state index contributed by atoms with van der Waals surface area (Å²) in [5.74, 6) is 0.668. The number of hydrogen-bond acceptors (Lipinski definition) is 4. The van der Waals surface area contributed by atoms with Gasteiger partial charge in [-0.15, -0.1) is 0 Å². The first-order valence-corrected chi connectivity index (χ1v) is 8.96. The number of carbonyl (C=O) groups excluding carboxylic acids is 2. The minimum Gasteiger partial charge on any atom is -0.497 e. The van der Waals surface area contributed by atoms with E-state index in [2.05, 4.69) is 5.32 Å². The van der Waals surface area contributed by atoms with E-state index in [4.69, 9.17) is 9.47 Å². The average Bonchev–Trinajstić information content (AvgIpc) is 3.09. The van der Waals surface area contributed by atoms with Gasteiger partial charge < -0.3 is 19.7 Å². The summed E-state index contributed by atoms with van der Waals surface area (Å²) in [5.41, 5.74) is 1.83. The van der Waals surface area contributed by atoms with Crippen LogP contribution < -0.4 is 19.7 Å². The van der Waals surface area contributed by atoms with Crippen molar-refractivity contribution in [2.24, 2.45) is 5.92 Å². The molecule has 1 atom stereocenters. The Hall–Kier alpha value is -3.02. The number of benzene rings is 2. The van der Waals surface area contributed by atoms with Gasteiger partial charge in [-0.3, -0.25) is 9.59 Å². The summed E-state index contributed by atoms with van der Waals surface area (Å²) < 4.78 is 10.6. The lowest BCUT2D eigenvalue weighted by Gasteiger charge is -2.20. The first kappa shape index (κ1) is 18.8. The first-order valence-electron chi connectivity index (χ1n) is 8.96. The maximum absolute atomic E-state index is 12.5. The molecule has 1 aliphatic rings. The van der Waals surface area contributed by atoms with Crippen molar-refractivity contribution in [2.45, 2.75) is 12.8 Å². The molecule has 1 aliphatic heterocycles. The number of hydrogen-bond donors (Lipinski definition) is 1. The molecule has 0 radical (unpaired) electrons. The SMILES string of the molecule is COc1ccc(N2C[C@@H](C(=O)NCCc3ccccc3)CC2=O)c(OC)c1. The fourth-order valence-corrected chi connectivity index (χ4v) is 3.24. The van der Waals surface area contributed by atoms with Gasteiger partial charge in [0.2, 0.25) is 11.8 Å². The van der Waals surface area contributed by atoms with Gasteiger partial charge >= 0.3 is 0 Å². The molecule has 2 aromatic carbocycles. The molecule has 0 saturated carbocycles. The van der Waals surface area contributed by atoms with Gasteiger partial charge in [0.25, 0.3) is 0 Å². The molecule has 3 rings (SSSR count). The highest BCUT2D eigenvalue weighted by Gasteiger charge is 2.36. The van der Waals surface area contributed by atoms with Crippen LogP contribution in [0.25, 0.3) is 0 Å². The molecule has 1 saturated heterocycles. The highest BCUT2D eigenvalue weighted by atomic mass is 16.5. The van der Waals surface area contributed by atoms with Gasteiger partial charge in [0, 0.05) is 25.6 Å². The van der Waals surface area contributed by atoms with Crippen LogP contribution in [0.1, 0.15) is 12.0 Å². The third-order valence-electron chi connectivity index (χ3n) is 4.73. The number of nitrogens with one attached hydrogen (secondary N) is 1. The monoisotopic (exact) mass is 368 g/mol. The number of anilines is 1. The van der Waals surface area contributed by atoms with Crippen LogP contribution in [-0.4, -0.2) is 39.1 Å². The number of rotatable bonds is 7. The molecule has 0 bridgehead atoms. The van der Waals surface area contributed by atoms with Crippen LogP contribution in [0, 0.1) is 5.92 Å². The zero-order valence-electron chi connectivity index (χ0n) is 15.6. The first-order chi connectivity index (χ1) is 13.1. The van der Waals surface area contributed by atoms with Crippen LogP contribution >= 0.6 is 0 Å². The fraction of sp³-hybridized carbons (Fsp3) is 0.333. The molecule has 27 heavy (non-hydrogen) atoms. The maximum atomic E-state index is 12.5. The lowest BCUT2D eigenvalue weighted by atomic mass is 10.1. The van der Waals surface area contributed by atoms with Gasteiger partial charge in [0.15, 0.2) is 0 Å². The summed E-state index contributed by atoms with van der Waals surface area (Å²) in [6.45, 7) is 0.901. The molecule has 0 spiro atoms. The zero-order chi connectivity index (χ0) is 19.2. The summed E-state index contributed by atoms with van der Waals surface area (Å²) in [4.78, 5) is 26.5. The standard InChI is InChI=1S/C21H24N2O4/c1-26-17-8-9-18(19(13-17)27-2)23-14-16(12-20(23)24)21(25)22-11-10-15-6-4-3-5-7-15/h3-9,13,16H,10-12,14H2,1-2H3,(H,22,25)/t16-/m0/s1. The van der Waals surface area contributed by atoms with E-state index in [-0.39, 0.29) is 24.2 Å². The van der Waals surface area contributed by atoms with E-state index in [9.17, 15) is 9.59 Å². The summed E-state index contributed by atoms with van der Waals surface area (Å²) in [5, 5.41) is 2.94. The minimum atomic E-state index is -0.361. The Labute approximate surface area is 159 Å². The van der Waals surface area contributed by atoms with Gasteiger partial charge in [-0.2, -0.15) is 0 Å². The van der Waals surface area contributed by atoms with E-state index in [1.165, 1.54) is 5.56 Å². The van der Waals surface area contributed by atoms with Crippen molar-refractivity contribution in [3.63, 3.8) is 0 Å². The lowest BCUT2D eigenvalue weighted by Crippen LogP contribution is -2.34. The van der Waals surface area contributed by atoms with Crippen LogP contribution in [0.5, 0.6) is 11.5 Å². The van der Waals surface area contributed by atoms with E-state index in [1.54, 1.807) is 37.3 Å². The molecule has 1 heterocycles. The van der Waals surface area contributed by atoms with Crippen molar-refractivity contribution >= 4 is 17.5 Å². The van der Waals surface area contributed by atoms with E-state index in [1.807, 2.05) is 30.3 Å². The predicted molar refractivity (Wildman–Crippen MR) is 103 cm³/mol. The van der Waals surface area contributed by atoms with Crippen LogP contribution in [-0.2, 0) is 16.0 Å². The smallest absolute Gasteiger partial charge is 0.227 e. The average molecular weight is 368 g/mol. The second-order valence-electron chi connectivity index (χ2n) is 6.47. The Bertz CT molecular complexity index is 807. The van der Waals surface area contributed by atoms with Gasteiger partial charge in [-0.25, -0.2) is 0 Å². The van der Waals surface area contributed by atoms with Crippen molar-refractivity contribution in [2.75, 3.05) is 32.2 Å². The number of amides is 2.